The quantitative estimate of drug-likeness (QED) is 0.662. The summed E-state index contributed by atoms with van der Waals surface area (Å²) in [6.07, 6.45) is 3.12. The number of nitrogens with zero attached hydrogens (tertiary/aromatic N) is 3. The number of hydrogen-bond acceptors (Lipinski definition) is 3. The first-order valence-corrected chi connectivity index (χ1v) is 8.49. The van der Waals surface area contributed by atoms with Crippen molar-refractivity contribution in [3.8, 4) is 11.1 Å². The lowest BCUT2D eigenvalue weighted by Gasteiger charge is -2.27. The molecule has 2 aromatic heterocycles. The average Bonchev–Trinajstić information content (AvgIpc) is 3.09. The molecule has 3 heterocycles. The highest BCUT2D eigenvalue weighted by Gasteiger charge is 2.19. The second-order valence-corrected chi connectivity index (χ2v) is 6.29. The fourth-order valence-electron chi connectivity index (χ4n) is 3.16. The van der Waals surface area contributed by atoms with Crippen LogP contribution >= 0.6 is 0 Å². The van der Waals surface area contributed by atoms with E-state index in [4.69, 9.17) is 4.74 Å². The van der Waals surface area contributed by atoms with Crippen LogP contribution in [0.1, 0.15) is 0 Å². The minimum absolute atomic E-state index is 0.0554. The van der Waals surface area contributed by atoms with Crippen molar-refractivity contribution in [1.29, 1.82) is 0 Å². The third-order valence-electron chi connectivity index (χ3n) is 4.63. The topological polar surface area (TPSA) is 47.4 Å². The minimum Gasteiger partial charge on any atom is -0.378 e. The van der Waals surface area contributed by atoms with E-state index in [0.29, 0.717) is 42.9 Å². The van der Waals surface area contributed by atoms with Crippen LogP contribution in [0.25, 0.3) is 22.2 Å². The molecular formula is C19H16F3N3O2. The van der Waals surface area contributed by atoms with Crippen molar-refractivity contribution in [1.82, 2.24) is 14.5 Å². The predicted molar refractivity (Wildman–Crippen MR) is 92.4 cm³/mol. The van der Waals surface area contributed by atoms with E-state index < -0.39 is 17.5 Å². The molecule has 0 N–H and O–H groups in total. The number of benzene rings is 1. The molecule has 3 aromatic rings. The summed E-state index contributed by atoms with van der Waals surface area (Å²) in [5.74, 6) is -4.09. The van der Waals surface area contributed by atoms with Gasteiger partial charge in [0.15, 0.2) is 17.5 Å². The predicted octanol–water partition coefficient (Wildman–Crippen LogP) is 2.98. The van der Waals surface area contributed by atoms with E-state index in [1.54, 1.807) is 27.8 Å². The molecule has 1 fully saturated rings. The van der Waals surface area contributed by atoms with Crippen molar-refractivity contribution in [3.05, 3.63) is 54.1 Å². The lowest BCUT2D eigenvalue weighted by Crippen LogP contribution is -2.42. The zero-order valence-electron chi connectivity index (χ0n) is 14.3. The standard InChI is InChI=1S/C19H16F3N3O2/c20-14-2-1-13(18(21)19(14)22)12-9-16-15(23-10-12)3-4-25(16)11-17(26)24-5-7-27-8-6-24/h1-4,9-10H,5-8,11H2. The van der Waals surface area contributed by atoms with Crippen LogP contribution in [0, 0.1) is 17.5 Å². The minimum atomic E-state index is -1.52. The zero-order chi connectivity index (χ0) is 19.0. The number of aromatic nitrogens is 2. The molecule has 140 valence electrons. The van der Waals surface area contributed by atoms with Crippen molar-refractivity contribution in [2.45, 2.75) is 6.54 Å². The van der Waals surface area contributed by atoms with Crippen molar-refractivity contribution >= 4 is 16.9 Å². The third-order valence-corrected chi connectivity index (χ3v) is 4.63. The van der Waals surface area contributed by atoms with Gasteiger partial charge in [-0.3, -0.25) is 9.78 Å². The maximum absolute atomic E-state index is 14.1. The van der Waals surface area contributed by atoms with Gasteiger partial charge in [0.05, 0.1) is 24.2 Å². The van der Waals surface area contributed by atoms with Crippen LogP contribution in [-0.4, -0.2) is 46.7 Å². The number of carbonyl (C=O) groups excluding carboxylic acids is 1. The third kappa shape index (κ3) is 3.28. The molecule has 1 aliphatic heterocycles. The fraction of sp³-hybridized carbons (Fsp3) is 0.263. The summed E-state index contributed by atoms with van der Waals surface area (Å²) in [6, 6.07) is 5.40. The summed E-state index contributed by atoms with van der Waals surface area (Å²) >= 11 is 0. The van der Waals surface area contributed by atoms with Gasteiger partial charge in [0, 0.05) is 36.6 Å². The number of pyridine rings is 1. The highest BCUT2D eigenvalue weighted by atomic mass is 19.2. The second kappa shape index (κ2) is 7.03. The van der Waals surface area contributed by atoms with Crippen LogP contribution in [0.3, 0.4) is 0 Å². The highest BCUT2D eigenvalue weighted by Crippen LogP contribution is 2.28. The Morgan fingerprint density at radius 3 is 2.67 bits per heavy atom. The van der Waals surface area contributed by atoms with E-state index in [9.17, 15) is 18.0 Å². The Hall–Kier alpha value is -2.87. The molecule has 0 radical (unpaired) electrons. The Balaban J connectivity index is 1.67. The number of rotatable bonds is 3. The van der Waals surface area contributed by atoms with E-state index in [2.05, 4.69) is 4.98 Å². The van der Waals surface area contributed by atoms with Gasteiger partial charge in [-0.2, -0.15) is 0 Å². The second-order valence-electron chi connectivity index (χ2n) is 6.29. The maximum Gasteiger partial charge on any atom is 0.242 e. The molecule has 4 rings (SSSR count). The molecule has 0 unspecified atom stereocenters. The number of hydrogen-bond donors (Lipinski definition) is 0. The lowest BCUT2D eigenvalue weighted by molar-refractivity contribution is -0.135. The smallest absolute Gasteiger partial charge is 0.242 e. The van der Waals surface area contributed by atoms with E-state index in [1.807, 2.05) is 0 Å². The van der Waals surface area contributed by atoms with Crippen LogP contribution in [0.2, 0.25) is 0 Å². The molecule has 1 saturated heterocycles. The summed E-state index contributed by atoms with van der Waals surface area (Å²) in [5.41, 5.74) is 1.45. The Labute approximate surface area is 153 Å². The number of amides is 1. The van der Waals surface area contributed by atoms with Gasteiger partial charge >= 0.3 is 0 Å². The molecule has 5 nitrogen and oxygen atoms in total. The van der Waals surface area contributed by atoms with Crippen molar-refractivity contribution in [2.75, 3.05) is 26.3 Å². The number of carbonyl (C=O) groups is 1. The van der Waals surface area contributed by atoms with E-state index in [1.165, 1.54) is 12.3 Å². The Morgan fingerprint density at radius 2 is 1.89 bits per heavy atom. The molecule has 0 spiro atoms. The SMILES string of the molecule is O=C(Cn1ccc2ncc(-c3ccc(F)c(F)c3F)cc21)N1CCOCC1. The molecular weight excluding hydrogens is 359 g/mol. The highest BCUT2D eigenvalue weighted by molar-refractivity contribution is 5.84. The molecule has 1 amide bonds. The van der Waals surface area contributed by atoms with E-state index >= 15 is 0 Å². The first-order valence-electron chi connectivity index (χ1n) is 8.49. The molecule has 0 atom stereocenters. The molecule has 1 aromatic carbocycles. The van der Waals surface area contributed by atoms with Crippen LogP contribution in [0.4, 0.5) is 13.2 Å². The summed E-state index contributed by atoms with van der Waals surface area (Å²) < 4.78 is 47.8. The van der Waals surface area contributed by atoms with Gasteiger partial charge in [0.2, 0.25) is 5.91 Å². The Bertz CT molecular complexity index is 1010. The van der Waals surface area contributed by atoms with Gasteiger partial charge in [-0.25, -0.2) is 13.2 Å². The molecule has 1 aliphatic rings. The largest absolute Gasteiger partial charge is 0.378 e. The van der Waals surface area contributed by atoms with Gasteiger partial charge in [-0.05, 0) is 24.3 Å². The van der Waals surface area contributed by atoms with E-state index in [0.717, 1.165) is 6.07 Å². The van der Waals surface area contributed by atoms with Gasteiger partial charge < -0.3 is 14.2 Å². The normalized spacial score (nSPS) is 14.7. The van der Waals surface area contributed by atoms with Crippen molar-refractivity contribution in [2.24, 2.45) is 0 Å². The average molecular weight is 375 g/mol. The fourth-order valence-corrected chi connectivity index (χ4v) is 3.16. The Kier molecular flexibility index (Phi) is 4.57. The molecule has 8 heteroatoms. The summed E-state index contributed by atoms with van der Waals surface area (Å²) in [6.45, 7) is 2.22. The molecule has 0 saturated carbocycles. The maximum atomic E-state index is 14.1. The lowest BCUT2D eigenvalue weighted by atomic mass is 10.1. The first-order chi connectivity index (χ1) is 13.0. The van der Waals surface area contributed by atoms with Gasteiger partial charge in [0.25, 0.3) is 0 Å². The molecule has 27 heavy (non-hydrogen) atoms. The zero-order valence-corrected chi connectivity index (χ0v) is 14.3. The van der Waals surface area contributed by atoms with Crippen molar-refractivity contribution in [3.63, 3.8) is 0 Å². The van der Waals surface area contributed by atoms with Crippen LogP contribution in [0.5, 0.6) is 0 Å². The molecule has 0 aliphatic carbocycles. The summed E-state index contributed by atoms with van der Waals surface area (Å²) in [4.78, 5) is 18.4. The summed E-state index contributed by atoms with van der Waals surface area (Å²) in [5, 5.41) is 0. The first kappa shape index (κ1) is 17.5. The monoisotopic (exact) mass is 375 g/mol. The van der Waals surface area contributed by atoms with Crippen LogP contribution < -0.4 is 0 Å². The number of ether oxygens (including phenoxy) is 1. The Morgan fingerprint density at radius 1 is 1.11 bits per heavy atom. The van der Waals surface area contributed by atoms with Gasteiger partial charge in [-0.1, -0.05) is 0 Å². The van der Waals surface area contributed by atoms with Gasteiger partial charge in [-0.15, -0.1) is 0 Å². The molecule has 0 bridgehead atoms. The van der Waals surface area contributed by atoms with E-state index in [-0.39, 0.29) is 18.0 Å². The van der Waals surface area contributed by atoms with Crippen molar-refractivity contribution < 1.29 is 22.7 Å². The van der Waals surface area contributed by atoms with Gasteiger partial charge in [0.1, 0.15) is 6.54 Å². The van der Waals surface area contributed by atoms with Crippen LogP contribution in [-0.2, 0) is 16.1 Å². The number of halogens is 3. The number of morpholine rings is 1. The summed E-state index contributed by atoms with van der Waals surface area (Å²) in [7, 11) is 0. The van der Waals surface area contributed by atoms with Crippen LogP contribution in [0.15, 0.2) is 36.7 Å². The number of fused-ring (bicyclic) bond motifs is 1.